The number of primary amides is 1. The third kappa shape index (κ3) is 6.90. The van der Waals surface area contributed by atoms with Gasteiger partial charge in [0.2, 0.25) is 10.0 Å². The highest BCUT2D eigenvalue weighted by Crippen LogP contribution is 2.40. The molecule has 6 N–H and O–H groups in total. The molecule has 0 bridgehead atoms. The fraction of sp³-hybridized carbons (Fsp3) is 0.379. The van der Waals surface area contributed by atoms with Gasteiger partial charge in [0.1, 0.15) is 17.7 Å². The van der Waals surface area contributed by atoms with Crippen molar-refractivity contribution >= 4 is 45.3 Å². The standard InChI is InChI=1S/C29H36N6O6S/c1-3-40-27(36)17-42(38,39)35-22(8-7-19-5-4-6-20(13-19)28(31)32)14-21-15-26(24(29(33)37)16-25(21)35)41-23-9-11-34(12-10-23)18(2)30/h4-8,13,15-16,22-23,30H,3,9-12,14,17H2,1-2H3,(H3,31,32)(H2,33,37)/b8-7+,30-18?. The van der Waals surface area contributed by atoms with E-state index in [4.69, 9.17) is 31.8 Å². The number of nitrogens with one attached hydrogen (secondary N) is 2. The third-order valence-electron chi connectivity index (χ3n) is 7.24. The number of nitrogen functional groups attached to an aromatic ring is 1. The molecule has 2 aliphatic heterocycles. The number of amides is 1. The molecule has 2 aromatic rings. The van der Waals surface area contributed by atoms with Gasteiger partial charge < -0.3 is 25.8 Å². The summed E-state index contributed by atoms with van der Waals surface area (Å²) in [6.45, 7) is 4.65. The Balaban J connectivity index is 1.70. The fourth-order valence-corrected chi connectivity index (χ4v) is 6.75. The number of esters is 1. The lowest BCUT2D eigenvalue weighted by atomic mass is 10.0. The molecule has 1 unspecified atom stereocenters. The van der Waals surface area contributed by atoms with Crippen LogP contribution in [0.4, 0.5) is 5.69 Å². The highest BCUT2D eigenvalue weighted by atomic mass is 32.2. The second-order valence-corrected chi connectivity index (χ2v) is 12.1. The van der Waals surface area contributed by atoms with Crippen LogP contribution in [0.15, 0.2) is 42.5 Å². The first-order valence-corrected chi connectivity index (χ1v) is 15.2. The van der Waals surface area contributed by atoms with Crippen LogP contribution in [0.3, 0.4) is 0 Å². The van der Waals surface area contributed by atoms with E-state index in [1.807, 2.05) is 4.90 Å². The zero-order valence-corrected chi connectivity index (χ0v) is 24.4. The van der Waals surface area contributed by atoms with Crippen LogP contribution in [0.2, 0.25) is 0 Å². The molecular formula is C29H36N6O6S. The molecule has 1 saturated heterocycles. The van der Waals surface area contributed by atoms with Crippen LogP contribution in [-0.4, -0.2) is 74.5 Å². The molecule has 0 saturated carbocycles. The maximum absolute atomic E-state index is 13.6. The number of nitrogens with two attached hydrogens (primary N) is 2. The van der Waals surface area contributed by atoms with Gasteiger partial charge in [-0.1, -0.05) is 30.4 Å². The number of sulfonamides is 1. The molecular weight excluding hydrogens is 560 g/mol. The Morgan fingerprint density at radius 2 is 1.83 bits per heavy atom. The summed E-state index contributed by atoms with van der Waals surface area (Å²) in [6.07, 6.45) is 4.77. The number of anilines is 1. The average molecular weight is 597 g/mol. The number of piperidine rings is 1. The number of nitrogens with zero attached hydrogens (tertiary/aromatic N) is 2. The number of hydrogen-bond donors (Lipinski definition) is 4. The molecule has 42 heavy (non-hydrogen) atoms. The summed E-state index contributed by atoms with van der Waals surface area (Å²) in [5.41, 5.74) is 13.4. The lowest BCUT2D eigenvalue weighted by Crippen LogP contribution is -2.40. The summed E-state index contributed by atoms with van der Waals surface area (Å²) in [6, 6.07) is 9.29. The molecule has 1 atom stereocenters. The van der Waals surface area contributed by atoms with Gasteiger partial charge in [0.15, 0.2) is 5.75 Å². The lowest BCUT2D eigenvalue weighted by Gasteiger charge is -2.33. The Hall–Kier alpha value is -4.39. The van der Waals surface area contributed by atoms with Gasteiger partial charge in [0, 0.05) is 31.5 Å². The van der Waals surface area contributed by atoms with Crippen molar-refractivity contribution in [3.63, 3.8) is 0 Å². The highest BCUT2D eigenvalue weighted by Gasteiger charge is 2.39. The smallest absolute Gasteiger partial charge is 0.323 e. The number of hydrogen-bond acceptors (Lipinski definition) is 8. The summed E-state index contributed by atoms with van der Waals surface area (Å²) in [4.78, 5) is 26.7. The first-order valence-electron chi connectivity index (χ1n) is 13.6. The summed E-state index contributed by atoms with van der Waals surface area (Å²) in [5.74, 6) is -1.87. The van der Waals surface area contributed by atoms with E-state index >= 15 is 0 Å². The Labute approximate surface area is 245 Å². The number of amidine groups is 2. The summed E-state index contributed by atoms with van der Waals surface area (Å²) in [7, 11) is -4.23. The largest absolute Gasteiger partial charge is 0.489 e. The number of rotatable bonds is 10. The van der Waals surface area contributed by atoms with Crippen molar-refractivity contribution in [2.45, 2.75) is 45.3 Å². The molecule has 1 fully saturated rings. The van der Waals surface area contributed by atoms with E-state index in [-0.39, 0.29) is 42.0 Å². The quantitative estimate of drug-likeness (QED) is 0.182. The minimum Gasteiger partial charge on any atom is -0.489 e. The molecule has 2 aromatic carbocycles. The van der Waals surface area contributed by atoms with E-state index in [0.717, 1.165) is 4.31 Å². The Kier molecular flexibility index (Phi) is 9.20. The van der Waals surface area contributed by atoms with E-state index in [0.29, 0.717) is 48.5 Å². The van der Waals surface area contributed by atoms with Gasteiger partial charge in [-0.3, -0.25) is 24.7 Å². The van der Waals surface area contributed by atoms with Gasteiger partial charge in [0.25, 0.3) is 5.91 Å². The molecule has 0 spiro atoms. The van der Waals surface area contributed by atoms with Crippen LogP contribution in [0.1, 0.15) is 53.7 Å². The van der Waals surface area contributed by atoms with Crippen molar-refractivity contribution in [2.75, 3.05) is 29.8 Å². The Morgan fingerprint density at radius 1 is 1.12 bits per heavy atom. The number of fused-ring (bicyclic) bond motifs is 1. The molecule has 12 nitrogen and oxygen atoms in total. The lowest BCUT2D eigenvalue weighted by molar-refractivity contribution is -0.139. The van der Waals surface area contributed by atoms with Gasteiger partial charge in [-0.15, -0.1) is 0 Å². The van der Waals surface area contributed by atoms with Crippen LogP contribution in [0, 0.1) is 10.8 Å². The molecule has 2 aliphatic rings. The van der Waals surface area contributed by atoms with Crippen LogP contribution in [-0.2, 0) is 26.0 Å². The van der Waals surface area contributed by atoms with Crippen LogP contribution in [0.25, 0.3) is 6.08 Å². The second kappa shape index (κ2) is 12.6. The van der Waals surface area contributed by atoms with E-state index in [9.17, 15) is 18.0 Å². The topological polar surface area (TPSA) is 193 Å². The summed E-state index contributed by atoms with van der Waals surface area (Å²) < 4.78 is 39.5. The first-order chi connectivity index (χ1) is 19.9. The number of likely N-dealkylation sites (tertiary alicyclic amines) is 1. The minimum atomic E-state index is -4.23. The van der Waals surface area contributed by atoms with Gasteiger partial charge in [-0.05, 0) is 49.6 Å². The molecule has 2 heterocycles. The summed E-state index contributed by atoms with van der Waals surface area (Å²) >= 11 is 0. The van der Waals surface area contributed by atoms with Crippen molar-refractivity contribution in [3.8, 4) is 5.75 Å². The molecule has 13 heteroatoms. The molecule has 1 amide bonds. The molecule has 0 aromatic heterocycles. The van der Waals surface area contributed by atoms with Crippen LogP contribution < -0.4 is 20.5 Å². The minimum absolute atomic E-state index is 0.0333. The number of carbonyl (C=O) groups excluding carboxylic acids is 2. The molecule has 4 rings (SSSR count). The molecule has 0 aliphatic carbocycles. The average Bonchev–Trinajstić information content (AvgIpc) is 3.30. The van der Waals surface area contributed by atoms with Crippen molar-refractivity contribution in [1.29, 1.82) is 10.8 Å². The van der Waals surface area contributed by atoms with Gasteiger partial charge in [-0.25, -0.2) is 8.42 Å². The maximum Gasteiger partial charge on any atom is 0.323 e. The second-order valence-electron chi connectivity index (χ2n) is 10.3. The Morgan fingerprint density at radius 3 is 2.45 bits per heavy atom. The van der Waals surface area contributed by atoms with Gasteiger partial charge in [0.05, 0.1) is 29.7 Å². The van der Waals surface area contributed by atoms with Crippen molar-refractivity contribution in [1.82, 2.24) is 4.90 Å². The number of benzene rings is 2. The van der Waals surface area contributed by atoms with E-state index in [1.165, 1.54) is 6.07 Å². The first kappa shape index (κ1) is 30.6. The fourth-order valence-electron chi connectivity index (χ4n) is 5.20. The predicted molar refractivity (Wildman–Crippen MR) is 160 cm³/mol. The highest BCUT2D eigenvalue weighted by molar-refractivity contribution is 7.93. The van der Waals surface area contributed by atoms with E-state index in [2.05, 4.69) is 0 Å². The summed E-state index contributed by atoms with van der Waals surface area (Å²) in [5, 5.41) is 15.5. The van der Waals surface area contributed by atoms with Crippen molar-refractivity contribution in [3.05, 3.63) is 64.7 Å². The monoisotopic (exact) mass is 596 g/mol. The predicted octanol–water partition coefficient (Wildman–Crippen LogP) is 2.25. The molecule has 224 valence electrons. The zero-order valence-electron chi connectivity index (χ0n) is 23.6. The van der Waals surface area contributed by atoms with Gasteiger partial charge in [-0.2, -0.15) is 0 Å². The van der Waals surface area contributed by atoms with E-state index < -0.39 is 33.7 Å². The van der Waals surface area contributed by atoms with Crippen molar-refractivity contribution in [2.24, 2.45) is 11.5 Å². The van der Waals surface area contributed by atoms with Crippen LogP contribution >= 0.6 is 0 Å². The SMILES string of the molecule is CCOC(=O)CS(=O)(=O)N1c2cc(C(N)=O)c(OC3CCN(C(C)=N)CC3)cc2CC1/C=C/c1cccc(C(=N)N)c1. The number of carbonyl (C=O) groups is 2. The van der Waals surface area contributed by atoms with Crippen LogP contribution in [0.5, 0.6) is 5.75 Å². The molecule has 0 radical (unpaired) electrons. The normalized spacial score (nSPS) is 17.2. The van der Waals surface area contributed by atoms with E-state index in [1.54, 1.807) is 56.3 Å². The van der Waals surface area contributed by atoms with Gasteiger partial charge >= 0.3 is 5.97 Å². The Bertz CT molecular complexity index is 1530. The zero-order chi connectivity index (χ0) is 30.6. The number of ether oxygens (including phenoxy) is 2. The maximum atomic E-state index is 13.6. The van der Waals surface area contributed by atoms with Crippen molar-refractivity contribution < 1.29 is 27.5 Å². The third-order valence-corrected chi connectivity index (χ3v) is 8.91.